The molecule has 0 aliphatic carbocycles. The van der Waals surface area contributed by atoms with Gasteiger partial charge in [0.1, 0.15) is 11.6 Å². The van der Waals surface area contributed by atoms with Gasteiger partial charge >= 0.3 is 5.97 Å². The molecule has 3 fully saturated rings. The maximum absolute atomic E-state index is 14.0. The minimum Gasteiger partial charge on any atom is -0.481 e. The van der Waals surface area contributed by atoms with Crippen molar-refractivity contribution >= 4 is 17.8 Å². The molecule has 0 radical (unpaired) electrons. The molecule has 31 heavy (non-hydrogen) atoms. The van der Waals surface area contributed by atoms with Crippen LogP contribution in [-0.2, 0) is 19.1 Å². The molecule has 174 valence electrons. The first-order chi connectivity index (χ1) is 14.5. The van der Waals surface area contributed by atoms with Crippen molar-refractivity contribution in [1.29, 1.82) is 0 Å². The van der Waals surface area contributed by atoms with Crippen molar-refractivity contribution in [2.24, 2.45) is 17.8 Å². The first-order valence-corrected chi connectivity index (χ1v) is 11.2. The molecule has 8 heteroatoms. The van der Waals surface area contributed by atoms with Crippen molar-refractivity contribution in [3.8, 4) is 0 Å². The van der Waals surface area contributed by atoms with Gasteiger partial charge in [0, 0.05) is 12.1 Å². The van der Waals surface area contributed by atoms with E-state index in [0.717, 1.165) is 0 Å². The third kappa shape index (κ3) is 3.48. The fourth-order valence-corrected chi connectivity index (χ4v) is 5.79. The normalized spacial score (nSPS) is 33.9. The van der Waals surface area contributed by atoms with Crippen LogP contribution in [0.2, 0.25) is 0 Å². The minimum absolute atomic E-state index is 0.0672. The van der Waals surface area contributed by atoms with E-state index in [-0.39, 0.29) is 24.3 Å². The van der Waals surface area contributed by atoms with Crippen molar-refractivity contribution in [3.05, 3.63) is 12.7 Å². The van der Waals surface area contributed by atoms with E-state index in [2.05, 4.69) is 6.58 Å². The summed E-state index contributed by atoms with van der Waals surface area (Å²) in [5.41, 5.74) is -1.71. The Kier molecular flexibility index (Phi) is 6.28. The van der Waals surface area contributed by atoms with Crippen molar-refractivity contribution in [2.45, 2.75) is 83.2 Å². The van der Waals surface area contributed by atoms with E-state index < -0.39 is 47.1 Å². The second-order valence-corrected chi connectivity index (χ2v) is 10.2. The van der Waals surface area contributed by atoms with Crippen LogP contribution in [0, 0.1) is 17.8 Å². The fourth-order valence-electron chi connectivity index (χ4n) is 5.79. The average molecular weight is 437 g/mol. The highest BCUT2D eigenvalue weighted by atomic mass is 16.5. The highest BCUT2D eigenvalue weighted by molar-refractivity contribution is 5.98. The Labute approximate surface area is 184 Å². The van der Waals surface area contributed by atoms with E-state index in [4.69, 9.17) is 4.74 Å². The zero-order chi connectivity index (χ0) is 23.3. The number of carboxylic acid groups (broad SMARTS) is 1. The number of hydrogen-bond acceptors (Lipinski definition) is 5. The number of aliphatic carboxylic acids is 1. The van der Waals surface area contributed by atoms with E-state index >= 15 is 0 Å². The fraction of sp³-hybridized carbons (Fsp3) is 0.783. The summed E-state index contributed by atoms with van der Waals surface area (Å²) in [6, 6.07) is -1.56. The van der Waals surface area contributed by atoms with Crippen LogP contribution in [-0.4, -0.2) is 80.3 Å². The zero-order valence-electron chi connectivity index (χ0n) is 19.2. The van der Waals surface area contributed by atoms with Gasteiger partial charge in [0.15, 0.2) is 0 Å². The van der Waals surface area contributed by atoms with Gasteiger partial charge in [-0.05, 0) is 39.5 Å². The van der Waals surface area contributed by atoms with Crippen LogP contribution in [0.1, 0.15) is 53.9 Å². The lowest BCUT2D eigenvalue weighted by Crippen LogP contribution is -2.62. The lowest BCUT2D eigenvalue weighted by atomic mass is 9.70. The highest BCUT2D eigenvalue weighted by Crippen LogP contribution is 2.59. The van der Waals surface area contributed by atoms with Crippen LogP contribution in [0.15, 0.2) is 12.7 Å². The second-order valence-electron chi connectivity index (χ2n) is 10.2. The number of rotatable bonds is 8. The molecule has 1 spiro atoms. The van der Waals surface area contributed by atoms with Crippen molar-refractivity contribution in [2.75, 3.05) is 13.2 Å². The number of carbonyl (C=O) groups excluding carboxylic acids is 2. The van der Waals surface area contributed by atoms with Crippen LogP contribution in [0.4, 0.5) is 0 Å². The Bertz CT molecular complexity index is 762. The summed E-state index contributed by atoms with van der Waals surface area (Å²) in [4.78, 5) is 43.0. The molecule has 0 unspecified atom stereocenters. The third-order valence-corrected chi connectivity index (χ3v) is 7.49. The molecule has 0 aromatic rings. The first kappa shape index (κ1) is 23.7. The molecule has 7 atom stereocenters. The Hall–Kier alpha value is -1.93. The van der Waals surface area contributed by atoms with Gasteiger partial charge in [-0.15, -0.1) is 6.58 Å². The maximum Gasteiger partial charge on any atom is 0.310 e. The van der Waals surface area contributed by atoms with Gasteiger partial charge in [0.05, 0.1) is 30.6 Å². The van der Waals surface area contributed by atoms with Gasteiger partial charge in [-0.2, -0.15) is 0 Å². The quantitative estimate of drug-likeness (QED) is 0.561. The van der Waals surface area contributed by atoms with Gasteiger partial charge in [0.25, 0.3) is 0 Å². The molecular weight excluding hydrogens is 400 g/mol. The number of amides is 2. The number of hydrogen-bond donors (Lipinski definition) is 2. The van der Waals surface area contributed by atoms with Crippen molar-refractivity contribution < 1.29 is 29.3 Å². The molecular formula is C23H36N2O6. The number of carboxylic acids is 1. The molecule has 0 aromatic carbocycles. The number of ether oxygens (including phenoxy) is 1. The number of aliphatic hydroxyl groups excluding tert-OH is 1. The summed E-state index contributed by atoms with van der Waals surface area (Å²) in [6.45, 7) is 13.4. The summed E-state index contributed by atoms with van der Waals surface area (Å²) < 4.78 is 6.24. The van der Waals surface area contributed by atoms with E-state index in [0.29, 0.717) is 25.8 Å². The number of carbonyl (C=O) groups is 3. The van der Waals surface area contributed by atoms with Gasteiger partial charge in [0.2, 0.25) is 11.8 Å². The Morgan fingerprint density at radius 1 is 1.42 bits per heavy atom. The minimum atomic E-state index is -1.17. The number of fused-ring (bicyclic) bond motifs is 1. The molecule has 3 aliphatic rings. The Morgan fingerprint density at radius 3 is 2.55 bits per heavy atom. The lowest BCUT2D eigenvalue weighted by molar-refractivity contribution is -0.156. The first-order valence-electron chi connectivity index (χ1n) is 11.2. The number of nitrogens with zero attached hydrogens (tertiary/aromatic N) is 2. The van der Waals surface area contributed by atoms with E-state index in [1.165, 1.54) is 4.90 Å². The number of aliphatic hydroxyl groups is 1. The molecule has 8 nitrogen and oxygen atoms in total. The third-order valence-electron chi connectivity index (χ3n) is 7.49. The zero-order valence-corrected chi connectivity index (χ0v) is 19.2. The lowest BCUT2D eigenvalue weighted by Gasteiger charge is -2.44. The van der Waals surface area contributed by atoms with Gasteiger partial charge in [-0.1, -0.05) is 26.3 Å². The summed E-state index contributed by atoms with van der Waals surface area (Å²) in [5.74, 6) is -3.69. The molecule has 2 amide bonds. The maximum atomic E-state index is 14.0. The molecule has 2 bridgehead atoms. The van der Waals surface area contributed by atoms with Crippen LogP contribution in [0.3, 0.4) is 0 Å². The van der Waals surface area contributed by atoms with E-state index in [1.807, 2.05) is 34.6 Å². The highest BCUT2D eigenvalue weighted by Gasteiger charge is 2.75. The predicted octanol–water partition coefficient (Wildman–Crippen LogP) is 1.67. The molecule has 3 rings (SSSR count). The van der Waals surface area contributed by atoms with Gasteiger partial charge in [-0.3, -0.25) is 14.4 Å². The molecule has 3 heterocycles. The van der Waals surface area contributed by atoms with Crippen LogP contribution >= 0.6 is 0 Å². The van der Waals surface area contributed by atoms with Crippen molar-refractivity contribution in [1.82, 2.24) is 9.80 Å². The smallest absolute Gasteiger partial charge is 0.310 e. The Balaban J connectivity index is 2.16. The number of likely N-dealkylation sites (tertiary alicyclic amines) is 1. The SMILES string of the molecule is C=CCN(C(=O)[C@@H]1N([C@@H](CO)[C@@H](C)CC)C(=O)[C@H]2[C@H](C(=O)O)[C@@H]3CC[C@]12O3)C(C)(C)C. The van der Waals surface area contributed by atoms with Crippen LogP contribution in [0.5, 0.6) is 0 Å². The standard InChI is InChI=1S/C23H36N2O6/c1-7-11-24(22(4,5)6)20(28)18-23-10-9-15(31-23)16(21(29)30)17(23)19(27)25(18)14(12-26)13(3)8-2/h7,13-18,26H,1,8-12H2,2-6H3,(H,29,30)/t13-,14-,15-,16+,17+,18-,23+/m0/s1. The monoisotopic (exact) mass is 436 g/mol. The summed E-state index contributed by atoms with van der Waals surface area (Å²) >= 11 is 0. The van der Waals surface area contributed by atoms with E-state index in [1.54, 1.807) is 11.0 Å². The van der Waals surface area contributed by atoms with Crippen LogP contribution < -0.4 is 0 Å². The molecule has 3 saturated heterocycles. The molecule has 3 aliphatic heterocycles. The summed E-state index contributed by atoms with van der Waals surface area (Å²) in [5, 5.41) is 20.1. The van der Waals surface area contributed by atoms with E-state index in [9.17, 15) is 24.6 Å². The second kappa shape index (κ2) is 8.20. The molecule has 2 N–H and O–H groups in total. The largest absolute Gasteiger partial charge is 0.481 e. The average Bonchev–Trinajstić information content (AvgIpc) is 3.33. The topological polar surface area (TPSA) is 107 Å². The van der Waals surface area contributed by atoms with Crippen molar-refractivity contribution in [3.63, 3.8) is 0 Å². The predicted molar refractivity (Wildman–Crippen MR) is 114 cm³/mol. The molecule has 0 saturated carbocycles. The van der Waals surface area contributed by atoms with Gasteiger partial charge in [-0.25, -0.2) is 0 Å². The molecule has 0 aromatic heterocycles. The summed E-state index contributed by atoms with van der Waals surface area (Å²) in [6.07, 6.45) is 2.74. The summed E-state index contributed by atoms with van der Waals surface area (Å²) in [7, 11) is 0. The Morgan fingerprint density at radius 2 is 2.06 bits per heavy atom. The van der Waals surface area contributed by atoms with Crippen LogP contribution in [0.25, 0.3) is 0 Å². The van der Waals surface area contributed by atoms with Gasteiger partial charge < -0.3 is 24.7 Å².